The van der Waals surface area contributed by atoms with Crippen molar-refractivity contribution >= 4 is 23.5 Å². The molecule has 22 heavy (non-hydrogen) atoms. The van der Waals surface area contributed by atoms with E-state index in [-0.39, 0.29) is 12.1 Å². The second-order valence-corrected chi connectivity index (χ2v) is 6.20. The Morgan fingerprint density at radius 2 is 2.18 bits per heavy atom. The SMILES string of the molecule is CSCc1ccccc1NC(=O)N[C@@H](C)Cc1cc(C)[nH]n1. The highest BCUT2D eigenvalue weighted by atomic mass is 32.2. The Morgan fingerprint density at radius 1 is 1.41 bits per heavy atom. The lowest BCUT2D eigenvalue weighted by molar-refractivity contribution is 0.249. The van der Waals surface area contributed by atoms with Gasteiger partial charge in [0, 0.05) is 29.6 Å². The first-order chi connectivity index (χ1) is 10.6. The number of H-pyrrole nitrogens is 1. The summed E-state index contributed by atoms with van der Waals surface area (Å²) in [5.74, 6) is 0.874. The minimum absolute atomic E-state index is 0.00964. The van der Waals surface area contributed by atoms with Gasteiger partial charge in [-0.1, -0.05) is 18.2 Å². The predicted octanol–water partition coefficient (Wildman–Crippen LogP) is 3.33. The molecule has 5 nitrogen and oxygen atoms in total. The van der Waals surface area contributed by atoms with Gasteiger partial charge in [0.1, 0.15) is 0 Å². The molecule has 0 radical (unpaired) electrons. The second-order valence-electron chi connectivity index (χ2n) is 5.34. The van der Waals surface area contributed by atoms with E-state index in [0.29, 0.717) is 6.42 Å². The Kier molecular flexibility index (Phi) is 5.89. The van der Waals surface area contributed by atoms with Crippen LogP contribution >= 0.6 is 11.8 Å². The van der Waals surface area contributed by atoms with Crippen LogP contribution < -0.4 is 10.6 Å². The Labute approximate surface area is 135 Å². The second kappa shape index (κ2) is 7.89. The number of thioether (sulfide) groups is 1. The van der Waals surface area contributed by atoms with Gasteiger partial charge in [-0.3, -0.25) is 5.10 Å². The maximum Gasteiger partial charge on any atom is 0.319 e. The van der Waals surface area contributed by atoms with Crippen molar-refractivity contribution in [3.8, 4) is 0 Å². The summed E-state index contributed by atoms with van der Waals surface area (Å²) in [7, 11) is 0. The number of para-hydroxylation sites is 1. The summed E-state index contributed by atoms with van der Waals surface area (Å²) in [4.78, 5) is 12.1. The number of urea groups is 1. The van der Waals surface area contributed by atoms with E-state index >= 15 is 0 Å². The summed E-state index contributed by atoms with van der Waals surface area (Å²) in [6.45, 7) is 3.93. The van der Waals surface area contributed by atoms with E-state index in [2.05, 4.69) is 20.8 Å². The van der Waals surface area contributed by atoms with Crippen LogP contribution in [0.25, 0.3) is 0 Å². The van der Waals surface area contributed by atoms with Gasteiger partial charge < -0.3 is 10.6 Å². The zero-order valence-electron chi connectivity index (χ0n) is 13.1. The monoisotopic (exact) mass is 318 g/mol. The third-order valence-corrected chi connectivity index (χ3v) is 3.82. The van der Waals surface area contributed by atoms with Crippen molar-refractivity contribution in [2.24, 2.45) is 0 Å². The molecule has 0 aliphatic rings. The third-order valence-electron chi connectivity index (χ3n) is 3.22. The molecule has 0 spiro atoms. The number of anilines is 1. The zero-order valence-corrected chi connectivity index (χ0v) is 14.0. The van der Waals surface area contributed by atoms with Gasteiger partial charge in [0.15, 0.2) is 0 Å². The predicted molar refractivity (Wildman–Crippen MR) is 92.3 cm³/mol. The molecule has 0 unspecified atom stereocenters. The standard InChI is InChI=1S/C16H22N4OS/c1-11(8-14-9-12(2)19-20-14)17-16(21)18-15-7-5-4-6-13(15)10-22-3/h4-7,9,11H,8,10H2,1-3H3,(H,19,20)(H2,17,18,21)/t11-/m0/s1. The summed E-state index contributed by atoms with van der Waals surface area (Å²) in [6, 6.07) is 9.68. The Hall–Kier alpha value is -1.95. The highest BCUT2D eigenvalue weighted by molar-refractivity contribution is 7.97. The van der Waals surface area contributed by atoms with Crippen LogP contribution in [0.1, 0.15) is 23.9 Å². The molecule has 0 saturated heterocycles. The van der Waals surface area contributed by atoms with Gasteiger partial charge in [0.25, 0.3) is 0 Å². The van der Waals surface area contributed by atoms with Crippen LogP contribution in [0.3, 0.4) is 0 Å². The molecular formula is C16H22N4OS. The Bertz CT molecular complexity index is 626. The summed E-state index contributed by atoms with van der Waals surface area (Å²) in [6.07, 6.45) is 2.75. The molecule has 0 aliphatic heterocycles. The normalized spacial score (nSPS) is 12.0. The summed E-state index contributed by atoms with van der Waals surface area (Å²) >= 11 is 1.73. The van der Waals surface area contributed by atoms with E-state index in [4.69, 9.17) is 0 Å². The first-order valence-electron chi connectivity index (χ1n) is 7.23. The van der Waals surface area contributed by atoms with E-state index < -0.39 is 0 Å². The average molecular weight is 318 g/mol. The number of hydrogen-bond donors (Lipinski definition) is 3. The fourth-order valence-corrected chi connectivity index (χ4v) is 2.81. The minimum Gasteiger partial charge on any atom is -0.335 e. The van der Waals surface area contributed by atoms with E-state index in [1.54, 1.807) is 11.8 Å². The van der Waals surface area contributed by atoms with E-state index in [0.717, 1.165) is 28.4 Å². The maximum absolute atomic E-state index is 12.1. The van der Waals surface area contributed by atoms with Gasteiger partial charge >= 0.3 is 6.03 Å². The largest absolute Gasteiger partial charge is 0.335 e. The number of amides is 2. The maximum atomic E-state index is 12.1. The van der Waals surface area contributed by atoms with Crippen molar-refractivity contribution in [2.45, 2.75) is 32.1 Å². The lowest BCUT2D eigenvalue weighted by Crippen LogP contribution is -2.37. The van der Waals surface area contributed by atoms with Crippen LogP contribution in [-0.2, 0) is 12.2 Å². The third kappa shape index (κ3) is 4.80. The van der Waals surface area contributed by atoms with Gasteiger partial charge in [0.05, 0.1) is 5.69 Å². The van der Waals surface area contributed by atoms with Crippen molar-refractivity contribution in [3.63, 3.8) is 0 Å². The number of nitrogens with zero attached hydrogens (tertiary/aromatic N) is 1. The van der Waals surface area contributed by atoms with Crippen molar-refractivity contribution < 1.29 is 4.79 Å². The first-order valence-corrected chi connectivity index (χ1v) is 8.63. The average Bonchev–Trinajstić information content (AvgIpc) is 2.86. The fraction of sp³-hybridized carbons (Fsp3) is 0.375. The van der Waals surface area contributed by atoms with E-state index in [1.807, 2.05) is 50.4 Å². The van der Waals surface area contributed by atoms with Crippen LogP contribution in [0.15, 0.2) is 30.3 Å². The Morgan fingerprint density at radius 3 is 2.86 bits per heavy atom. The zero-order chi connectivity index (χ0) is 15.9. The number of nitrogens with one attached hydrogen (secondary N) is 3. The highest BCUT2D eigenvalue weighted by Gasteiger charge is 2.11. The van der Waals surface area contributed by atoms with Gasteiger partial charge in [-0.2, -0.15) is 16.9 Å². The lowest BCUT2D eigenvalue weighted by atomic mass is 10.2. The number of aromatic amines is 1. The molecule has 2 amide bonds. The van der Waals surface area contributed by atoms with Gasteiger partial charge in [-0.05, 0) is 37.8 Å². The molecular weight excluding hydrogens is 296 g/mol. The van der Waals surface area contributed by atoms with Crippen LogP contribution in [0.4, 0.5) is 10.5 Å². The number of hydrogen-bond acceptors (Lipinski definition) is 3. The van der Waals surface area contributed by atoms with Crippen LogP contribution in [-0.4, -0.2) is 28.5 Å². The van der Waals surface area contributed by atoms with Crippen molar-refractivity contribution in [2.75, 3.05) is 11.6 Å². The van der Waals surface area contributed by atoms with Crippen molar-refractivity contribution in [1.29, 1.82) is 0 Å². The molecule has 118 valence electrons. The molecule has 2 rings (SSSR count). The van der Waals surface area contributed by atoms with Crippen LogP contribution in [0.2, 0.25) is 0 Å². The fourth-order valence-electron chi connectivity index (χ4n) is 2.25. The number of benzene rings is 1. The number of aryl methyl sites for hydroxylation is 1. The van der Waals surface area contributed by atoms with E-state index in [9.17, 15) is 4.79 Å². The molecule has 6 heteroatoms. The van der Waals surface area contributed by atoms with Crippen LogP contribution in [0, 0.1) is 6.92 Å². The quantitative estimate of drug-likeness (QED) is 0.765. The lowest BCUT2D eigenvalue weighted by Gasteiger charge is -2.15. The first kappa shape index (κ1) is 16.4. The molecule has 2 aromatic rings. The van der Waals surface area contributed by atoms with Gasteiger partial charge in [0.2, 0.25) is 0 Å². The number of aromatic nitrogens is 2. The molecule has 1 aromatic heterocycles. The molecule has 1 atom stereocenters. The van der Waals surface area contributed by atoms with Crippen molar-refractivity contribution in [1.82, 2.24) is 15.5 Å². The number of carbonyl (C=O) groups excluding carboxylic acids is 1. The van der Waals surface area contributed by atoms with Gasteiger partial charge in [-0.25, -0.2) is 4.79 Å². The summed E-state index contributed by atoms with van der Waals surface area (Å²) in [5, 5.41) is 13.0. The Balaban J connectivity index is 1.89. The molecule has 1 heterocycles. The summed E-state index contributed by atoms with van der Waals surface area (Å²) < 4.78 is 0. The van der Waals surface area contributed by atoms with Crippen molar-refractivity contribution in [3.05, 3.63) is 47.3 Å². The minimum atomic E-state index is -0.187. The molecule has 1 aromatic carbocycles. The summed E-state index contributed by atoms with van der Waals surface area (Å²) in [5.41, 5.74) is 3.96. The molecule has 0 fully saturated rings. The highest BCUT2D eigenvalue weighted by Crippen LogP contribution is 2.19. The number of carbonyl (C=O) groups is 1. The molecule has 0 saturated carbocycles. The van der Waals surface area contributed by atoms with Gasteiger partial charge in [-0.15, -0.1) is 0 Å². The smallest absolute Gasteiger partial charge is 0.319 e. The topological polar surface area (TPSA) is 69.8 Å². The molecule has 0 bridgehead atoms. The molecule has 3 N–H and O–H groups in total. The van der Waals surface area contributed by atoms with E-state index in [1.165, 1.54) is 0 Å². The van der Waals surface area contributed by atoms with Crippen LogP contribution in [0.5, 0.6) is 0 Å². The molecule has 0 aliphatic carbocycles. The number of rotatable bonds is 6.